The Hall–Kier alpha value is -4.30. The third-order valence-corrected chi connectivity index (χ3v) is 8.54. The van der Waals surface area contributed by atoms with Crippen LogP contribution in [-0.2, 0) is 12.0 Å². The molecule has 5 heteroatoms. The average Bonchev–Trinajstić information content (AvgIpc) is 3.14. The molecule has 0 amide bonds. The van der Waals surface area contributed by atoms with E-state index in [1.165, 1.54) is 11.3 Å². The van der Waals surface area contributed by atoms with Gasteiger partial charge in [-0.25, -0.2) is 0 Å². The van der Waals surface area contributed by atoms with Gasteiger partial charge in [0.1, 0.15) is 23.7 Å². The number of aliphatic imine (C=N–C) groups is 1. The van der Waals surface area contributed by atoms with Crippen molar-refractivity contribution in [3.63, 3.8) is 0 Å². The van der Waals surface area contributed by atoms with Crippen molar-refractivity contribution < 1.29 is 14.0 Å². The minimum atomic E-state index is -0.688. The Morgan fingerprint density at radius 1 is 0.975 bits per heavy atom. The summed E-state index contributed by atoms with van der Waals surface area (Å²) in [5.41, 5.74) is 3.27. The van der Waals surface area contributed by atoms with Crippen LogP contribution in [0.15, 0.2) is 84.0 Å². The summed E-state index contributed by atoms with van der Waals surface area (Å²) in [6.45, 7) is 6.09. The fraction of sp³-hybridized carbons (Fsp3) is 0.314. The van der Waals surface area contributed by atoms with E-state index < -0.39 is 5.72 Å². The molecule has 1 aromatic heterocycles. The molecule has 0 radical (unpaired) electrons. The summed E-state index contributed by atoms with van der Waals surface area (Å²) in [6, 6.07) is 24.9. The Balaban J connectivity index is 1.11. The average molecular weight is 531 g/mol. The van der Waals surface area contributed by atoms with Gasteiger partial charge < -0.3 is 14.4 Å². The number of pyridine rings is 1. The first-order valence-corrected chi connectivity index (χ1v) is 14.2. The van der Waals surface area contributed by atoms with E-state index in [9.17, 15) is 0 Å². The third-order valence-electron chi connectivity index (χ3n) is 8.54. The lowest BCUT2D eigenvalue weighted by atomic mass is 9.77. The minimum Gasteiger partial charge on any atom is -0.494 e. The van der Waals surface area contributed by atoms with Crippen molar-refractivity contribution in [2.45, 2.75) is 57.2 Å². The highest BCUT2D eigenvalue weighted by atomic mass is 16.5. The summed E-state index contributed by atoms with van der Waals surface area (Å²) in [5, 5.41) is 2.16. The first-order chi connectivity index (χ1) is 19.4. The molecule has 1 atom stereocenters. The minimum absolute atomic E-state index is 0.275. The molecule has 2 aliphatic rings. The molecule has 0 bridgehead atoms. The van der Waals surface area contributed by atoms with Gasteiger partial charge in [-0.05, 0) is 80.3 Å². The number of para-hydroxylation sites is 1. The molecular formula is C35H36N3O2+. The molecule has 0 fully saturated rings. The fourth-order valence-corrected chi connectivity index (χ4v) is 6.17. The van der Waals surface area contributed by atoms with Crippen molar-refractivity contribution in [1.82, 2.24) is 0 Å². The molecule has 40 heavy (non-hydrogen) atoms. The molecule has 2 aliphatic heterocycles. The van der Waals surface area contributed by atoms with Crippen molar-refractivity contribution in [3.8, 4) is 23.8 Å². The third kappa shape index (κ3) is 4.29. The maximum atomic E-state index is 6.84. The van der Waals surface area contributed by atoms with Gasteiger partial charge in [0.25, 0.3) is 5.69 Å². The normalized spacial score (nSPS) is 18.3. The SMILES string of the molecule is C#Cc1cccc[n+]1CCCCCCOc1ccc2ccc3c(c2c1)N=CC1(O3)N(C)c2ccccc2C1(C)C. The Bertz CT molecular complexity index is 1630. The van der Waals surface area contributed by atoms with E-state index >= 15 is 0 Å². The number of rotatable bonds is 8. The number of hydrogen-bond donors (Lipinski definition) is 0. The van der Waals surface area contributed by atoms with E-state index in [2.05, 4.69) is 84.9 Å². The Morgan fingerprint density at radius 2 is 1.77 bits per heavy atom. The van der Waals surface area contributed by atoms with Gasteiger partial charge in [0.15, 0.2) is 6.20 Å². The molecule has 3 heterocycles. The largest absolute Gasteiger partial charge is 0.494 e. The number of terminal acetylenes is 1. The number of likely N-dealkylation sites (N-methyl/N-ethyl adjacent to an activating group) is 1. The molecule has 1 spiro atoms. The number of aryl methyl sites for hydroxylation is 1. The lowest BCUT2D eigenvalue weighted by Crippen LogP contribution is -2.61. The quantitative estimate of drug-likeness (QED) is 0.140. The standard InChI is InChI=1S/C35H36N3O2/c1-5-27-14-10-12-22-38(27)21-11-6-7-13-23-39-28-19-17-26-18-20-32-33(29(26)24-28)36-25-35(40-32)34(2,3)30-15-8-9-16-31(30)37(35)4/h1,8-10,12,14-20,22,24-25H,6-7,11,13,21,23H2,2-4H3/q+1. The highest BCUT2D eigenvalue weighted by Gasteiger charge is 2.58. The van der Waals surface area contributed by atoms with Crippen LogP contribution >= 0.6 is 0 Å². The van der Waals surface area contributed by atoms with Crippen LogP contribution in [0.25, 0.3) is 10.8 Å². The van der Waals surface area contributed by atoms with Crippen molar-refractivity contribution >= 4 is 28.4 Å². The molecule has 4 aromatic rings. The summed E-state index contributed by atoms with van der Waals surface area (Å²) in [4.78, 5) is 7.25. The van der Waals surface area contributed by atoms with Crippen LogP contribution in [0.1, 0.15) is 50.8 Å². The van der Waals surface area contributed by atoms with Crippen LogP contribution in [0, 0.1) is 12.3 Å². The molecule has 0 aliphatic carbocycles. The maximum Gasteiger partial charge on any atom is 0.256 e. The zero-order chi connectivity index (χ0) is 27.7. The Labute approximate surface area is 237 Å². The summed E-state index contributed by atoms with van der Waals surface area (Å²) in [6.07, 6.45) is 14.0. The number of hydrogen-bond acceptors (Lipinski definition) is 4. The van der Waals surface area contributed by atoms with Gasteiger partial charge in [0.2, 0.25) is 5.72 Å². The Kier molecular flexibility index (Phi) is 6.72. The van der Waals surface area contributed by atoms with Gasteiger partial charge in [0.05, 0.1) is 18.2 Å². The van der Waals surface area contributed by atoms with Crippen molar-refractivity contribution in [3.05, 3.63) is 90.3 Å². The van der Waals surface area contributed by atoms with E-state index in [4.69, 9.17) is 20.9 Å². The second-order valence-electron chi connectivity index (χ2n) is 11.2. The van der Waals surface area contributed by atoms with Gasteiger partial charge in [-0.1, -0.05) is 30.3 Å². The molecule has 5 nitrogen and oxygen atoms in total. The second kappa shape index (κ2) is 10.4. The number of unbranched alkanes of at least 4 members (excludes halogenated alkanes) is 3. The number of aromatic nitrogens is 1. The summed E-state index contributed by atoms with van der Waals surface area (Å²) >= 11 is 0. The molecule has 202 valence electrons. The molecule has 0 saturated heterocycles. The molecule has 6 rings (SSSR count). The van der Waals surface area contributed by atoms with Gasteiger partial charge in [0, 0.05) is 36.7 Å². The first-order valence-electron chi connectivity index (χ1n) is 14.2. The van der Waals surface area contributed by atoms with Crippen LogP contribution in [0.5, 0.6) is 11.5 Å². The number of benzene rings is 3. The van der Waals surface area contributed by atoms with Crippen LogP contribution in [0.2, 0.25) is 0 Å². The molecule has 1 unspecified atom stereocenters. The lowest BCUT2D eigenvalue weighted by Gasteiger charge is -2.45. The van der Waals surface area contributed by atoms with E-state index in [0.29, 0.717) is 6.61 Å². The van der Waals surface area contributed by atoms with Crippen LogP contribution in [-0.4, -0.2) is 25.6 Å². The number of fused-ring (bicyclic) bond motifs is 4. The molecule has 0 N–H and O–H groups in total. The molecule has 0 saturated carbocycles. The smallest absolute Gasteiger partial charge is 0.256 e. The van der Waals surface area contributed by atoms with Gasteiger partial charge in [-0.15, -0.1) is 6.42 Å². The highest BCUT2D eigenvalue weighted by Crippen LogP contribution is 2.54. The topological polar surface area (TPSA) is 37.9 Å². The zero-order valence-corrected chi connectivity index (χ0v) is 23.6. The Morgan fingerprint density at radius 3 is 2.62 bits per heavy atom. The first kappa shape index (κ1) is 26.0. The maximum absolute atomic E-state index is 6.84. The van der Waals surface area contributed by atoms with Gasteiger partial charge >= 0.3 is 0 Å². The monoisotopic (exact) mass is 530 g/mol. The van der Waals surface area contributed by atoms with Crippen molar-refractivity contribution in [2.75, 3.05) is 18.6 Å². The predicted molar refractivity (Wildman–Crippen MR) is 162 cm³/mol. The summed E-state index contributed by atoms with van der Waals surface area (Å²) in [5.74, 6) is 4.41. The number of nitrogens with zero attached hydrogens (tertiary/aromatic N) is 3. The predicted octanol–water partition coefficient (Wildman–Crippen LogP) is 6.97. The van der Waals surface area contributed by atoms with Crippen LogP contribution < -0.4 is 18.9 Å². The summed E-state index contributed by atoms with van der Waals surface area (Å²) in [7, 11) is 2.09. The van der Waals surface area contributed by atoms with E-state index in [-0.39, 0.29) is 5.41 Å². The second-order valence-corrected chi connectivity index (χ2v) is 11.2. The van der Waals surface area contributed by atoms with E-state index in [1.807, 2.05) is 36.5 Å². The van der Waals surface area contributed by atoms with Gasteiger partial charge in [-0.3, -0.25) is 4.99 Å². The number of ether oxygens (including phenoxy) is 2. The highest BCUT2D eigenvalue weighted by molar-refractivity contribution is 6.00. The van der Waals surface area contributed by atoms with Crippen molar-refractivity contribution in [2.24, 2.45) is 4.99 Å². The zero-order valence-electron chi connectivity index (χ0n) is 23.6. The van der Waals surface area contributed by atoms with Crippen LogP contribution in [0.4, 0.5) is 11.4 Å². The lowest BCUT2D eigenvalue weighted by molar-refractivity contribution is -0.699. The van der Waals surface area contributed by atoms with Gasteiger partial charge in [-0.2, -0.15) is 4.57 Å². The summed E-state index contributed by atoms with van der Waals surface area (Å²) < 4.78 is 15.1. The van der Waals surface area contributed by atoms with E-state index in [1.54, 1.807) is 0 Å². The van der Waals surface area contributed by atoms with Crippen molar-refractivity contribution in [1.29, 1.82) is 0 Å². The molecule has 3 aromatic carbocycles. The van der Waals surface area contributed by atoms with Crippen LogP contribution in [0.3, 0.4) is 0 Å². The van der Waals surface area contributed by atoms with E-state index in [0.717, 1.165) is 65.9 Å². The molecular weight excluding hydrogens is 494 g/mol. The fourth-order valence-electron chi connectivity index (χ4n) is 6.17. The number of anilines is 1.